The summed E-state index contributed by atoms with van der Waals surface area (Å²) in [6, 6.07) is 7.08. The number of benzene rings is 1. The fraction of sp³-hybridized carbons (Fsp3) is 0.467. The Balaban J connectivity index is 1.93. The highest BCUT2D eigenvalue weighted by Gasteiger charge is 2.53. The Bertz CT molecular complexity index is 581. The number of amides is 1. The van der Waals surface area contributed by atoms with Crippen LogP contribution in [0.4, 0.5) is 5.69 Å². The molecule has 1 amide bonds. The zero-order valence-electron chi connectivity index (χ0n) is 11.5. The average Bonchev–Trinajstić information content (AvgIpc) is 3.05. The summed E-state index contributed by atoms with van der Waals surface area (Å²) < 4.78 is 5.43. The van der Waals surface area contributed by atoms with E-state index in [9.17, 15) is 9.59 Å². The molecule has 0 spiro atoms. The minimum Gasteiger partial charge on any atom is -0.478 e. The summed E-state index contributed by atoms with van der Waals surface area (Å²) in [5.41, 5.74) is 0.681. The number of hydrogen-bond acceptors (Lipinski definition) is 3. The number of carboxylic acids is 1. The Morgan fingerprint density at radius 1 is 1.35 bits per heavy atom. The number of nitrogens with zero attached hydrogens (tertiary/aromatic N) is 1. The molecule has 1 heterocycles. The van der Waals surface area contributed by atoms with E-state index in [0.717, 1.165) is 6.42 Å². The molecule has 2 aliphatic rings. The highest BCUT2D eigenvalue weighted by Crippen LogP contribution is 2.53. The molecule has 5 heteroatoms. The van der Waals surface area contributed by atoms with E-state index >= 15 is 0 Å². The fourth-order valence-corrected chi connectivity index (χ4v) is 2.65. The fourth-order valence-electron chi connectivity index (χ4n) is 2.65. The molecule has 1 aliphatic carbocycles. The van der Waals surface area contributed by atoms with Gasteiger partial charge in [-0.25, -0.2) is 4.79 Å². The zero-order valence-corrected chi connectivity index (χ0v) is 11.5. The monoisotopic (exact) mass is 275 g/mol. The molecule has 5 nitrogen and oxygen atoms in total. The predicted octanol–water partition coefficient (Wildman–Crippen LogP) is 1.91. The number of aliphatic carboxylic acids is 1. The Hall–Kier alpha value is -2.04. The van der Waals surface area contributed by atoms with Crippen LogP contribution in [0, 0.1) is 11.3 Å². The van der Waals surface area contributed by atoms with Gasteiger partial charge in [0.25, 0.3) is 0 Å². The quantitative estimate of drug-likeness (QED) is 0.895. The lowest BCUT2D eigenvalue weighted by Crippen LogP contribution is -2.48. The summed E-state index contributed by atoms with van der Waals surface area (Å²) in [7, 11) is 0. The van der Waals surface area contributed by atoms with Gasteiger partial charge in [0.05, 0.1) is 12.2 Å². The Morgan fingerprint density at radius 3 is 2.60 bits per heavy atom. The maximum Gasteiger partial charge on any atom is 0.346 e. The standard InChI is InChI=1S/C15H17NO4/c1-15(2)7-9(15)13(17)16-8-12(14(18)19)20-11-6-4-3-5-10(11)16/h3-6,9,12H,7-8H2,1-2H3,(H,18,19). The van der Waals surface area contributed by atoms with Crippen molar-refractivity contribution in [2.75, 3.05) is 11.4 Å². The Morgan fingerprint density at radius 2 is 2.00 bits per heavy atom. The van der Waals surface area contributed by atoms with E-state index in [0.29, 0.717) is 11.4 Å². The molecule has 2 atom stereocenters. The molecule has 0 radical (unpaired) electrons. The maximum absolute atomic E-state index is 12.6. The van der Waals surface area contributed by atoms with Crippen molar-refractivity contribution in [2.45, 2.75) is 26.4 Å². The lowest BCUT2D eigenvalue weighted by Gasteiger charge is -2.33. The molecule has 1 aliphatic heterocycles. The summed E-state index contributed by atoms with van der Waals surface area (Å²) >= 11 is 0. The van der Waals surface area contributed by atoms with Crippen LogP contribution in [0.5, 0.6) is 5.75 Å². The summed E-state index contributed by atoms with van der Waals surface area (Å²) in [4.78, 5) is 25.3. The van der Waals surface area contributed by atoms with E-state index in [2.05, 4.69) is 13.8 Å². The van der Waals surface area contributed by atoms with Crippen molar-refractivity contribution < 1.29 is 19.4 Å². The lowest BCUT2D eigenvalue weighted by molar-refractivity contribution is -0.145. The van der Waals surface area contributed by atoms with E-state index in [1.54, 1.807) is 23.1 Å². The largest absolute Gasteiger partial charge is 0.478 e. The first-order valence-corrected chi connectivity index (χ1v) is 6.70. The number of para-hydroxylation sites is 2. The summed E-state index contributed by atoms with van der Waals surface area (Å²) in [5.74, 6) is -0.620. The average molecular weight is 275 g/mol. The predicted molar refractivity (Wildman–Crippen MR) is 72.7 cm³/mol. The first-order chi connectivity index (χ1) is 9.40. The van der Waals surface area contributed by atoms with E-state index in [1.165, 1.54) is 0 Å². The molecule has 3 rings (SSSR count). The smallest absolute Gasteiger partial charge is 0.346 e. The zero-order chi connectivity index (χ0) is 14.5. The third-order valence-corrected chi connectivity index (χ3v) is 4.13. The van der Waals surface area contributed by atoms with Crippen LogP contribution in [-0.4, -0.2) is 29.6 Å². The van der Waals surface area contributed by atoms with Gasteiger partial charge in [-0.05, 0) is 24.0 Å². The van der Waals surface area contributed by atoms with E-state index in [4.69, 9.17) is 9.84 Å². The molecular weight excluding hydrogens is 258 g/mol. The van der Waals surface area contributed by atoms with Gasteiger partial charge in [0.2, 0.25) is 12.0 Å². The van der Waals surface area contributed by atoms with E-state index in [-0.39, 0.29) is 23.8 Å². The van der Waals surface area contributed by atoms with Crippen LogP contribution in [0.2, 0.25) is 0 Å². The first kappa shape index (κ1) is 13.0. The number of ether oxygens (including phenoxy) is 1. The number of carboxylic acid groups (broad SMARTS) is 1. The van der Waals surface area contributed by atoms with Crippen molar-refractivity contribution in [3.8, 4) is 5.75 Å². The van der Waals surface area contributed by atoms with Crippen molar-refractivity contribution >= 4 is 17.6 Å². The molecular formula is C15H17NO4. The van der Waals surface area contributed by atoms with Crippen LogP contribution < -0.4 is 9.64 Å². The van der Waals surface area contributed by atoms with Gasteiger partial charge in [0, 0.05) is 5.92 Å². The number of carbonyl (C=O) groups is 2. The van der Waals surface area contributed by atoms with Crippen LogP contribution in [0.15, 0.2) is 24.3 Å². The SMILES string of the molecule is CC1(C)CC1C(=O)N1CC(C(=O)O)Oc2ccccc21. The third kappa shape index (κ3) is 2.03. The third-order valence-electron chi connectivity index (χ3n) is 4.13. The Labute approximate surface area is 117 Å². The van der Waals surface area contributed by atoms with E-state index < -0.39 is 12.1 Å². The van der Waals surface area contributed by atoms with Crippen LogP contribution in [-0.2, 0) is 9.59 Å². The van der Waals surface area contributed by atoms with Crippen LogP contribution >= 0.6 is 0 Å². The molecule has 1 aromatic carbocycles. The molecule has 1 saturated carbocycles. The number of carbonyl (C=O) groups excluding carboxylic acids is 1. The second-order valence-electron chi connectivity index (χ2n) is 6.11. The van der Waals surface area contributed by atoms with Gasteiger partial charge < -0.3 is 14.7 Å². The molecule has 1 aromatic rings. The Kier molecular flexibility index (Phi) is 2.74. The second kappa shape index (κ2) is 4.23. The molecule has 106 valence electrons. The van der Waals surface area contributed by atoms with Gasteiger partial charge in [-0.15, -0.1) is 0 Å². The number of hydrogen-bond donors (Lipinski definition) is 1. The van der Waals surface area contributed by atoms with Crippen LogP contribution in [0.1, 0.15) is 20.3 Å². The van der Waals surface area contributed by atoms with Gasteiger partial charge in [0.15, 0.2) is 0 Å². The molecule has 1 fully saturated rings. The first-order valence-electron chi connectivity index (χ1n) is 6.70. The van der Waals surface area contributed by atoms with Gasteiger partial charge in [-0.1, -0.05) is 26.0 Å². The normalized spacial score (nSPS) is 26.4. The van der Waals surface area contributed by atoms with Crippen molar-refractivity contribution in [1.29, 1.82) is 0 Å². The summed E-state index contributed by atoms with van der Waals surface area (Å²) in [5, 5.41) is 9.16. The minimum absolute atomic E-state index is 0.00278. The van der Waals surface area contributed by atoms with Crippen molar-refractivity contribution in [2.24, 2.45) is 11.3 Å². The minimum atomic E-state index is -1.05. The number of anilines is 1. The summed E-state index contributed by atoms with van der Waals surface area (Å²) in [6.45, 7) is 4.17. The maximum atomic E-state index is 12.6. The van der Waals surface area contributed by atoms with Gasteiger partial charge >= 0.3 is 5.97 Å². The molecule has 2 unspecified atom stereocenters. The van der Waals surface area contributed by atoms with Crippen molar-refractivity contribution in [1.82, 2.24) is 0 Å². The topological polar surface area (TPSA) is 66.8 Å². The number of fused-ring (bicyclic) bond motifs is 1. The van der Waals surface area contributed by atoms with E-state index in [1.807, 2.05) is 6.07 Å². The molecule has 0 bridgehead atoms. The lowest BCUT2D eigenvalue weighted by atomic mass is 10.1. The molecule has 20 heavy (non-hydrogen) atoms. The molecule has 0 aromatic heterocycles. The van der Waals surface area contributed by atoms with Crippen molar-refractivity contribution in [3.05, 3.63) is 24.3 Å². The second-order valence-corrected chi connectivity index (χ2v) is 6.11. The van der Waals surface area contributed by atoms with Crippen LogP contribution in [0.3, 0.4) is 0 Å². The number of rotatable bonds is 2. The summed E-state index contributed by atoms with van der Waals surface area (Å²) in [6.07, 6.45) is -0.154. The van der Waals surface area contributed by atoms with Gasteiger partial charge in [-0.2, -0.15) is 0 Å². The van der Waals surface area contributed by atoms with Crippen LogP contribution in [0.25, 0.3) is 0 Å². The van der Waals surface area contributed by atoms with Gasteiger partial charge in [0.1, 0.15) is 5.75 Å². The highest BCUT2D eigenvalue weighted by molar-refractivity contribution is 5.99. The van der Waals surface area contributed by atoms with Gasteiger partial charge in [-0.3, -0.25) is 4.79 Å². The van der Waals surface area contributed by atoms with Crippen molar-refractivity contribution in [3.63, 3.8) is 0 Å². The molecule has 1 N–H and O–H groups in total. The highest BCUT2D eigenvalue weighted by atomic mass is 16.5. The molecule has 0 saturated heterocycles.